The fourth-order valence-electron chi connectivity index (χ4n) is 2.08. The van der Waals surface area contributed by atoms with Crippen molar-refractivity contribution in [2.45, 2.75) is 24.5 Å². The van der Waals surface area contributed by atoms with Crippen LogP contribution in [0.15, 0.2) is 37.2 Å². The molecule has 2 heterocycles. The van der Waals surface area contributed by atoms with Crippen LogP contribution in [-0.2, 0) is 0 Å². The van der Waals surface area contributed by atoms with Crippen molar-refractivity contribution in [2.24, 2.45) is 0 Å². The minimum absolute atomic E-state index is 0.0180. The molecule has 2 aromatic heterocycles. The fraction of sp³-hybridized carbons (Fsp3) is 0.286. The lowest BCUT2D eigenvalue weighted by atomic mass is 10.2. The van der Waals surface area contributed by atoms with Crippen molar-refractivity contribution in [3.63, 3.8) is 0 Å². The summed E-state index contributed by atoms with van der Waals surface area (Å²) in [6.07, 6.45) is -3.71. The Kier molecular flexibility index (Phi) is 5.13. The maximum Gasteiger partial charge on any atom is 0.446 e. The van der Waals surface area contributed by atoms with E-state index in [1.165, 1.54) is 0 Å². The van der Waals surface area contributed by atoms with Gasteiger partial charge in [0.25, 0.3) is 6.43 Å². The number of alkyl halides is 2. The number of rotatable bonds is 6. The zero-order valence-electron chi connectivity index (χ0n) is 13.1. The Balaban J connectivity index is 2.08. The lowest BCUT2D eigenvalue weighted by Crippen LogP contribution is -2.14. The normalized spacial score (nSPS) is 12.7. The van der Waals surface area contributed by atoms with Gasteiger partial charge in [-0.15, -0.1) is 0 Å². The van der Waals surface area contributed by atoms with E-state index < -0.39 is 29.7 Å². The number of aliphatic hydroxyl groups is 1. The van der Waals surface area contributed by atoms with Crippen molar-refractivity contribution in [1.82, 2.24) is 20.0 Å². The van der Waals surface area contributed by atoms with Gasteiger partial charge in [0.05, 0.1) is 17.4 Å². The standard InChI is InChI=1S/C14H11F3N4O4S/c1-6(22)5-26-13-10(18-25-20-13)12-19-24-14(23)21(12)7-2-3-9(15)8(4-7)11(16)17/h2-4,6,11,22H,5H2,1H3. The van der Waals surface area contributed by atoms with Gasteiger partial charge >= 0.3 is 5.76 Å². The number of hydrogen-bond donors (Lipinski definition) is 1. The highest BCUT2D eigenvalue weighted by atomic mass is 32.2. The molecule has 0 aliphatic rings. The first-order valence-electron chi connectivity index (χ1n) is 7.19. The van der Waals surface area contributed by atoms with Gasteiger partial charge in [-0.2, -0.15) is 0 Å². The van der Waals surface area contributed by atoms with E-state index in [4.69, 9.17) is 0 Å². The summed E-state index contributed by atoms with van der Waals surface area (Å²) in [5.41, 5.74) is -0.939. The Morgan fingerprint density at radius 1 is 1.31 bits per heavy atom. The molecule has 1 aromatic carbocycles. The molecular weight excluding hydrogens is 377 g/mol. The predicted octanol–water partition coefficient (Wildman–Crippen LogP) is 2.43. The number of aromatic nitrogens is 4. The molecule has 3 aromatic rings. The number of nitrogens with zero attached hydrogens (tertiary/aromatic N) is 4. The van der Waals surface area contributed by atoms with E-state index >= 15 is 0 Å². The highest BCUT2D eigenvalue weighted by Crippen LogP contribution is 2.30. The van der Waals surface area contributed by atoms with E-state index in [0.29, 0.717) is 0 Å². The van der Waals surface area contributed by atoms with Crippen LogP contribution in [0.3, 0.4) is 0 Å². The van der Waals surface area contributed by atoms with Gasteiger partial charge in [0, 0.05) is 5.75 Å². The van der Waals surface area contributed by atoms with E-state index in [9.17, 15) is 23.1 Å². The minimum Gasteiger partial charge on any atom is -0.393 e. The van der Waals surface area contributed by atoms with Crippen LogP contribution >= 0.6 is 11.8 Å². The zero-order valence-corrected chi connectivity index (χ0v) is 13.9. The third kappa shape index (κ3) is 3.51. The van der Waals surface area contributed by atoms with Crippen molar-refractivity contribution < 1.29 is 27.4 Å². The highest BCUT2D eigenvalue weighted by Gasteiger charge is 2.24. The first kappa shape index (κ1) is 18.2. The van der Waals surface area contributed by atoms with Crippen molar-refractivity contribution in [3.8, 4) is 17.2 Å². The lowest BCUT2D eigenvalue weighted by Gasteiger charge is -2.07. The highest BCUT2D eigenvalue weighted by molar-refractivity contribution is 7.99. The number of aliphatic hydroxyl groups excluding tert-OH is 1. The number of hydrogen-bond acceptors (Lipinski definition) is 8. The molecule has 1 N–H and O–H groups in total. The van der Waals surface area contributed by atoms with E-state index in [1.54, 1.807) is 6.92 Å². The third-order valence-electron chi connectivity index (χ3n) is 3.21. The molecule has 0 bridgehead atoms. The van der Waals surface area contributed by atoms with Gasteiger partial charge in [-0.1, -0.05) is 16.9 Å². The van der Waals surface area contributed by atoms with E-state index in [2.05, 4.69) is 24.6 Å². The Bertz CT molecular complexity index is 969. The molecule has 0 radical (unpaired) electrons. The Labute approximate surface area is 147 Å². The summed E-state index contributed by atoms with van der Waals surface area (Å²) in [5.74, 6) is -1.99. The van der Waals surface area contributed by atoms with Crippen molar-refractivity contribution in [1.29, 1.82) is 0 Å². The molecule has 3 rings (SSSR count). The molecule has 0 amide bonds. The largest absolute Gasteiger partial charge is 0.446 e. The number of benzene rings is 1. The first-order chi connectivity index (χ1) is 12.4. The van der Waals surface area contributed by atoms with Crippen LogP contribution < -0.4 is 5.76 Å². The van der Waals surface area contributed by atoms with Crippen molar-refractivity contribution in [2.75, 3.05) is 5.75 Å². The Hall–Kier alpha value is -2.60. The van der Waals surface area contributed by atoms with Crippen LogP contribution in [0.25, 0.3) is 17.2 Å². The number of halogens is 3. The second kappa shape index (κ2) is 7.33. The van der Waals surface area contributed by atoms with Gasteiger partial charge in [0.15, 0.2) is 10.7 Å². The molecule has 0 fully saturated rings. The summed E-state index contributed by atoms with van der Waals surface area (Å²) in [7, 11) is 0. The lowest BCUT2D eigenvalue weighted by molar-refractivity contribution is 0.146. The van der Waals surface area contributed by atoms with Crippen molar-refractivity contribution in [3.05, 3.63) is 40.1 Å². The van der Waals surface area contributed by atoms with E-state index in [1.807, 2.05) is 0 Å². The van der Waals surface area contributed by atoms with E-state index in [0.717, 1.165) is 34.5 Å². The molecule has 0 aliphatic heterocycles. The smallest absolute Gasteiger partial charge is 0.393 e. The van der Waals surface area contributed by atoms with E-state index in [-0.39, 0.29) is 28.0 Å². The first-order valence-corrected chi connectivity index (χ1v) is 8.17. The van der Waals surface area contributed by atoms with Gasteiger partial charge < -0.3 is 5.11 Å². The molecule has 26 heavy (non-hydrogen) atoms. The average molecular weight is 388 g/mol. The molecule has 0 saturated heterocycles. The fourth-order valence-corrected chi connectivity index (χ4v) is 2.83. The quantitative estimate of drug-likeness (QED) is 0.642. The van der Waals surface area contributed by atoms with Crippen LogP contribution in [-0.4, -0.2) is 37.0 Å². The second-order valence-electron chi connectivity index (χ2n) is 5.19. The minimum atomic E-state index is -3.07. The van der Waals surface area contributed by atoms with Crippen LogP contribution in [0.1, 0.15) is 18.9 Å². The second-order valence-corrected chi connectivity index (χ2v) is 6.20. The van der Waals surface area contributed by atoms with Crippen molar-refractivity contribution >= 4 is 11.8 Å². The van der Waals surface area contributed by atoms with Gasteiger partial charge in [-0.3, -0.25) is 4.52 Å². The summed E-state index contributed by atoms with van der Waals surface area (Å²) in [4.78, 5) is 12.0. The maximum atomic E-state index is 13.5. The zero-order chi connectivity index (χ0) is 18.8. The summed E-state index contributed by atoms with van der Waals surface area (Å²) in [6, 6.07) is 2.75. The summed E-state index contributed by atoms with van der Waals surface area (Å²) < 4.78 is 49.4. The third-order valence-corrected chi connectivity index (χ3v) is 4.40. The molecule has 0 aliphatic carbocycles. The van der Waals surface area contributed by atoms with Crippen LogP contribution in [0.2, 0.25) is 0 Å². The summed E-state index contributed by atoms with van der Waals surface area (Å²) in [5, 5.41) is 20.5. The average Bonchev–Trinajstić information content (AvgIpc) is 3.19. The maximum absolute atomic E-state index is 13.5. The molecule has 0 spiro atoms. The van der Waals surface area contributed by atoms with Gasteiger partial charge in [0.1, 0.15) is 5.82 Å². The predicted molar refractivity (Wildman–Crippen MR) is 82.7 cm³/mol. The van der Waals surface area contributed by atoms with Crippen LogP contribution in [0.4, 0.5) is 13.2 Å². The Morgan fingerprint density at radius 2 is 2.08 bits per heavy atom. The molecule has 1 atom stereocenters. The molecule has 1 unspecified atom stereocenters. The van der Waals surface area contributed by atoms with Crippen LogP contribution in [0, 0.1) is 5.82 Å². The Morgan fingerprint density at radius 3 is 2.77 bits per heavy atom. The monoisotopic (exact) mass is 388 g/mol. The molecule has 138 valence electrons. The molecule has 8 nitrogen and oxygen atoms in total. The summed E-state index contributed by atoms with van der Waals surface area (Å²) >= 11 is 1.09. The molecular formula is C14H11F3N4O4S. The van der Waals surface area contributed by atoms with Crippen LogP contribution in [0.5, 0.6) is 0 Å². The number of thioether (sulfide) groups is 1. The molecule has 0 saturated carbocycles. The van der Waals surface area contributed by atoms with Gasteiger partial charge in [-0.25, -0.2) is 27.2 Å². The molecule has 12 heteroatoms. The topological polar surface area (TPSA) is 107 Å². The van der Waals surface area contributed by atoms with Gasteiger partial charge in [-0.05, 0) is 35.4 Å². The van der Waals surface area contributed by atoms with Gasteiger partial charge in [0.2, 0.25) is 5.82 Å². The summed E-state index contributed by atoms with van der Waals surface area (Å²) in [6.45, 7) is 1.57. The SMILES string of the molecule is CC(O)CSc1nonc1-c1noc(=O)n1-c1ccc(F)c(C(F)F)c1.